The van der Waals surface area contributed by atoms with E-state index in [1.165, 1.54) is 0 Å². The van der Waals surface area contributed by atoms with Gasteiger partial charge in [-0.3, -0.25) is 10.1 Å². The van der Waals surface area contributed by atoms with Gasteiger partial charge in [0.15, 0.2) is 5.76 Å². The van der Waals surface area contributed by atoms with Crippen LogP contribution in [0.3, 0.4) is 0 Å². The van der Waals surface area contributed by atoms with Crippen LogP contribution in [0.2, 0.25) is 5.02 Å². The molecule has 37 heavy (non-hydrogen) atoms. The van der Waals surface area contributed by atoms with E-state index in [0.717, 1.165) is 36.8 Å². The third-order valence-electron chi connectivity index (χ3n) is 7.72. The average molecular weight is 525 g/mol. The maximum Gasteiger partial charge on any atom is 0.412 e. The summed E-state index contributed by atoms with van der Waals surface area (Å²) in [5.41, 5.74) is 2.97. The quantitative estimate of drug-likeness (QED) is 0.355. The van der Waals surface area contributed by atoms with E-state index in [4.69, 9.17) is 25.6 Å². The first-order chi connectivity index (χ1) is 17.7. The molecule has 0 radical (unpaired) electrons. The van der Waals surface area contributed by atoms with Crippen LogP contribution in [0.4, 0.5) is 10.5 Å². The van der Waals surface area contributed by atoms with Crippen molar-refractivity contribution < 1.29 is 28.7 Å². The SMILES string of the molecule is Cc1noc(-c2ccc(C34CCC(CC(=O)O)(CC3)OC4)cc2)c1NC(=O)O[C@H](C)c1ccccc1Cl. The van der Waals surface area contributed by atoms with Crippen molar-refractivity contribution in [3.05, 3.63) is 70.4 Å². The van der Waals surface area contributed by atoms with Crippen molar-refractivity contribution >= 4 is 29.4 Å². The van der Waals surface area contributed by atoms with Crippen LogP contribution in [-0.4, -0.2) is 34.5 Å². The van der Waals surface area contributed by atoms with Gasteiger partial charge in [0.1, 0.15) is 17.5 Å². The molecule has 1 aliphatic carbocycles. The summed E-state index contributed by atoms with van der Waals surface area (Å²) in [4.78, 5) is 23.9. The largest absolute Gasteiger partial charge is 0.481 e. The van der Waals surface area contributed by atoms with Gasteiger partial charge in [-0.05, 0) is 51.2 Å². The Morgan fingerprint density at radius 2 is 1.84 bits per heavy atom. The van der Waals surface area contributed by atoms with Gasteiger partial charge in [0, 0.05) is 21.6 Å². The highest BCUT2D eigenvalue weighted by molar-refractivity contribution is 6.31. The average Bonchev–Trinajstić information content (AvgIpc) is 3.24. The molecule has 2 aliphatic heterocycles. The Hall–Kier alpha value is -3.36. The van der Waals surface area contributed by atoms with E-state index >= 15 is 0 Å². The summed E-state index contributed by atoms with van der Waals surface area (Å²) in [6.07, 6.45) is 2.14. The highest BCUT2D eigenvalue weighted by atomic mass is 35.5. The number of carbonyl (C=O) groups is 2. The van der Waals surface area contributed by atoms with E-state index < -0.39 is 23.8 Å². The number of aliphatic carboxylic acids is 1. The van der Waals surface area contributed by atoms with Gasteiger partial charge in [-0.2, -0.15) is 0 Å². The molecular formula is C28H29ClN2O6. The number of ether oxygens (including phenoxy) is 2. The molecule has 6 rings (SSSR count). The molecule has 2 saturated heterocycles. The Labute approximate surface area is 219 Å². The van der Waals surface area contributed by atoms with E-state index in [9.17, 15) is 14.7 Å². The van der Waals surface area contributed by atoms with E-state index in [0.29, 0.717) is 34.3 Å². The standard InChI is InChI=1S/C28H29ClN2O6/c1-17-24(30-26(34)36-18(2)21-5-3-4-6-22(21)29)25(37-31-17)19-7-9-20(10-8-19)27-11-13-28(14-12-27,35-16-27)15-23(32)33/h3-10,18H,11-16H2,1-2H3,(H,30,34)(H,32,33)/t18-,27?,28?/m1/s1. The molecule has 194 valence electrons. The molecule has 3 aliphatic rings. The molecule has 3 fully saturated rings. The lowest BCUT2D eigenvalue weighted by atomic mass is 9.62. The van der Waals surface area contributed by atoms with Crippen LogP contribution in [0, 0.1) is 6.92 Å². The fourth-order valence-electron chi connectivity index (χ4n) is 5.49. The number of aryl methyl sites for hydroxylation is 1. The fourth-order valence-corrected chi connectivity index (χ4v) is 5.78. The van der Waals surface area contributed by atoms with Crippen LogP contribution in [0.15, 0.2) is 53.1 Å². The van der Waals surface area contributed by atoms with E-state index in [-0.39, 0.29) is 11.8 Å². The predicted octanol–water partition coefficient (Wildman–Crippen LogP) is 6.67. The van der Waals surface area contributed by atoms with Crippen LogP contribution >= 0.6 is 11.6 Å². The van der Waals surface area contributed by atoms with E-state index in [1.54, 1.807) is 19.9 Å². The normalized spacial score (nSPS) is 23.4. The van der Waals surface area contributed by atoms with Crippen LogP contribution in [0.1, 0.15) is 62.0 Å². The Bertz CT molecular complexity index is 1290. The van der Waals surface area contributed by atoms with Crippen molar-refractivity contribution in [1.82, 2.24) is 5.16 Å². The van der Waals surface area contributed by atoms with Crippen LogP contribution in [0.5, 0.6) is 0 Å². The van der Waals surface area contributed by atoms with Gasteiger partial charge < -0.3 is 19.1 Å². The molecule has 3 heterocycles. The third kappa shape index (κ3) is 4.95. The minimum atomic E-state index is -0.812. The van der Waals surface area contributed by atoms with Crippen molar-refractivity contribution in [2.45, 2.75) is 63.1 Å². The van der Waals surface area contributed by atoms with Crippen molar-refractivity contribution in [2.24, 2.45) is 0 Å². The van der Waals surface area contributed by atoms with Crippen molar-refractivity contribution in [2.75, 3.05) is 11.9 Å². The zero-order valence-electron chi connectivity index (χ0n) is 20.8. The predicted molar refractivity (Wildman–Crippen MR) is 138 cm³/mol. The number of fused-ring (bicyclic) bond motifs is 3. The Morgan fingerprint density at radius 1 is 1.14 bits per heavy atom. The lowest BCUT2D eigenvalue weighted by molar-refractivity contribution is -0.174. The van der Waals surface area contributed by atoms with Crippen LogP contribution in [-0.2, 0) is 19.7 Å². The number of carboxylic acid groups (broad SMARTS) is 1. The van der Waals surface area contributed by atoms with Gasteiger partial charge in [0.05, 0.1) is 18.6 Å². The van der Waals surface area contributed by atoms with E-state index in [2.05, 4.69) is 10.5 Å². The maximum atomic E-state index is 12.7. The maximum absolute atomic E-state index is 12.7. The summed E-state index contributed by atoms with van der Waals surface area (Å²) in [6, 6.07) is 15.2. The molecule has 3 aromatic rings. The smallest absolute Gasteiger partial charge is 0.412 e. The van der Waals surface area contributed by atoms with Crippen molar-refractivity contribution in [3.8, 4) is 11.3 Å². The molecule has 1 atom stereocenters. The highest BCUT2D eigenvalue weighted by Crippen LogP contribution is 2.51. The first-order valence-corrected chi connectivity index (χ1v) is 12.7. The number of halogens is 1. The molecular weight excluding hydrogens is 496 g/mol. The molecule has 1 amide bonds. The summed E-state index contributed by atoms with van der Waals surface area (Å²) >= 11 is 6.23. The van der Waals surface area contributed by atoms with Gasteiger partial charge in [-0.15, -0.1) is 0 Å². The number of rotatable bonds is 7. The second-order valence-corrected chi connectivity index (χ2v) is 10.5. The number of nitrogens with zero attached hydrogens (tertiary/aromatic N) is 1. The minimum absolute atomic E-state index is 0.0578. The molecule has 2 aromatic carbocycles. The highest BCUT2D eigenvalue weighted by Gasteiger charge is 2.51. The fraction of sp³-hybridized carbons (Fsp3) is 0.393. The molecule has 2 bridgehead atoms. The topological polar surface area (TPSA) is 111 Å². The summed E-state index contributed by atoms with van der Waals surface area (Å²) in [6.45, 7) is 4.02. The molecule has 2 N–H and O–H groups in total. The van der Waals surface area contributed by atoms with E-state index in [1.807, 2.05) is 42.5 Å². The van der Waals surface area contributed by atoms with Crippen molar-refractivity contribution in [1.29, 1.82) is 0 Å². The molecule has 1 saturated carbocycles. The number of amides is 1. The second kappa shape index (κ2) is 9.84. The zero-order chi connectivity index (χ0) is 26.2. The molecule has 0 unspecified atom stereocenters. The third-order valence-corrected chi connectivity index (χ3v) is 8.07. The van der Waals surface area contributed by atoms with Gasteiger partial charge in [-0.25, -0.2) is 4.79 Å². The molecule has 1 aromatic heterocycles. The van der Waals surface area contributed by atoms with Crippen LogP contribution in [0.25, 0.3) is 11.3 Å². The summed E-state index contributed by atoms with van der Waals surface area (Å²) in [5.74, 6) is -0.374. The summed E-state index contributed by atoms with van der Waals surface area (Å²) in [7, 11) is 0. The van der Waals surface area contributed by atoms with Crippen LogP contribution < -0.4 is 5.32 Å². The lowest BCUT2D eigenvalue weighted by Gasteiger charge is -2.53. The Morgan fingerprint density at radius 3 is 2.46 bits per heavy atom. The second-order valence-electron chi connectivity index (χ2n) is 10.1. The Kier molecular flexibility index (Phi) is 6.72. The minimum Gasteiger partial charge on any atom is -0.481 e. The first-order valence-electron chi connectivity index (χ1n) is 12.4. The number of hydrogen-bond acceptors (Lipinski definition) is 6. The van der Waals surface area contributed by atoms with Gasteiger partial charge in [-0.1, -0.05) is 59.2 Å². The van der Waals surface area contributed by atoms with Crippen molar-refractivity contribution in [3.63, 3.8) is 0 Å². The zero-order valence-corrected chi connectivity index (χ0v) is 21.5. The van der Waals surface area contributed by atoms with Gasteiger partial charge in [0.25, 0.3) is 0 Å². The number of carboxylic acids is 1. The Balaban J connectivity index is 1.29. The summed E-state index contributed by atoms with van der Waals surface area (Å²) in [5, 5.41) is 16.6. The van der Waals surface area contributed by atoms with Gasteiger partial charge >= 0.3 is 12.1 Å². The number of aromatic nitrogens is 1. The number of hydrogen-bond donors (Lipinski definition) is 2. The number of carbonyl (C=O) groups excluding carboxylic acids is 1. The number of benzene rings is 2. The summed E-state index contributed by atoms with van der Waals surface area (Å²) < 4.78 is 17.2. The first kappa shape index (κ1) is 25.3. The number of nitrogens with one attached hydrogen (secondary N) is 1. The number of anilines is 1. The molecule has 9 heteroatoms. The monoisotopic (exact) mass is 524 g/mol. The lowest BCUT2D eigenvalue weighted by Crippen LogP contribution is -2.54. The molecule has 8 nitrogen and oxygen atoms in total. The van der Waals surface area contributed by atoms with Gasteiger partial charge in [0.2, 0.25) is 0 Å². The molecule has 0 spiro atoms.